The van der Waals surface area contributed by atoms with E-state index in [1.807, 2.05) is 26.0 Å². The number of aliphatic hydroxyl groups excluding tert-OH is 1. The van der Waals surface area contributed by atoms with E-state index >= 15 is 0 Å². The minimum absolute atomic E-state index is 0.0665. The van der Waals surface area contributed by atoms with Gasteiger partial charge in [-0.3, -0.25) is 9.59 Å². The maximum absolute atomic E-state index is 12.5. The predicted molar refractivity (Wildman–Crippen MR) is 152 cm³/mol. The SMILES string of the molecule is CCC(=O)c1cc(C(=O)CC)cc(-c2ccc(CC3CC(C)C4C(CO)C(C(C)C)C(C)C34)c(C)c2)c1. The lowest BCUT2D eigenvalue weighted by Gasteiger charge is -2.30. The van der Waals surface area contributed by atoms with Crippen LogP contribution in [-0.4, -0.2) is 23.3 Å². The topological polar surface area (TPSA) is 54.4 Å². The van der Waals surface area contributed by atoms with Crippen molar-refractivity contribution in [1.29, 1.82) is 0 Å². The molecule has 0 aliphatic heterocycles. The Bertz CT molecular complexity index is 1110. The van der Waals surface area contributed by atoms with Crippen molar-refractivity contribution in [3.63, 3.8) is 0 Å². The summed E-state index contributed by atoms with van der Waals surface area (Å²) in [6.07, 6.45) is 3.18. The van der Waals surface area contributed by atoms with Crippen LogP contribution in [0.15, 0.2) is 36.4 Å². The van der Waals surface area contributed by atoms with Gasteiger partial charge in [-0.2, -0.15) is 0 Å². The minimum atomic E-state index is 0.0665. The van der Waals surface area contributed by atoms with Crippen molar-refractivity contribution in [2.24, 2.45) is 47.3 Å². The largest absolute Gasteiger partial charge is 0.396 e. The first-order chi connectivity index (χ1) is 17.6. The number of fused-ring (bicyclic) bond motifs is 1. The van der Waals surface area contributed by atoms with E-state index < -0.39 is 0 Å². The molecule has 3 nitrogen and oxygen atoms in total. The van der Waals surface area contributed by atoms with E-state index in [2.05, 4.69) is 52.8 Å². The highest BCUT2D eigenvalue weighted by Gasteiger charge is 2.56. The molecule has 0 radical (unpaired) electrons. The number of Topliss-reactive ketones (excluding diaryl/α,β-unsaturated/α-hetero) is 2. The van der Waals surface area contributed by atoms with Crippen molar-refractivity contribution in [3.05, 3.63) is 58.7 Å². The van der Waals surface area contributed by atoms with E-state index in [-0.39, 0.29) is 11.6 Å². The van der Waals surface area contributed by atoms with Crippen LogP contribution < -0.4 is 0 Å². The molecule has 200 valence electrons. The molecular weight excluding hydrogens is 456 g/mol. The van der Waals surface area contributed by atoms with E-state index in [0.717, 1.165) is 17.5 Å². The summed E-state index contributed by atoms with van der Waals surface area (Å²) in [5.41, 5.74) is 5.91. The van der Waals surface area contributed by atoms with Crippen LogP contribution in [0, 0.1) is 54.3 Å². The molecule has 1 N–H and O–H groups in total. The lowest BCUT2D eigenvalue weighted by molar-refractivity contribution is 0.0987. The van der Waals surface area contributed by atoms with Gasteiger partial charge in [0.1, 0.15) is 0 Å². The van der Waals surface area contributed by atoms with Crippen LogP contribution in [0.2, 0.25) is 0 Å². The highest BCUT2D eigenvalue weighted by molar-refractivity contribution is 6.02. The van der Waals surface area contributed by atoms with Gasteiger partial charge in [0.15, 0.2) is 11.6 Å². The second kappa shape index (κ2) is 11.2. The summed E-state index contributed by atoms with van der Waals surface area (Å²) in [5.74, 6) is 5.03. The summed E-state index contributed by atoms with van der Waals surface area (Å²) in [6, 6.07) is 12.3. The summed E-state index contributed by atoms with van der Waals surface area (Å²) in [7, 11) is 0. The first kappa shape index (κ1) is 27.8. The van der Waals surface area contributed by atoms with Crippen molar-refractivity contribution in [1.82, 2.24) is 0 Å². The Morgan fingerprint density at radius 1 is 0.919 bits per heavy atom. The van der Waals surface area contributed by atoms with Gasteiger partial charge in [-0.1, -0.05) is 59.7 Å². The molecule has 0 aromatic heterocycles. The normalized spacial score (nSPS) is 29.1. The molecular formula is C34H46O3. The van der Waals surface area contributed by atoms with Gasteiger partial charge in [0.2, 0.25) is 0 Å². The molecule has 0 bridgehead atoms. The summed E-state index contributed by atoms with van der Waals surface area (Å²) < 4.78 is 0. The van der Waals surface area contributed by atoms with Gasteiger partial charge in [-0.15, -0.1) is 0 Å². The Balaban J connectivity index is 1.62. The summed E-state index contributed by atoms with van der Waals surface area (Å²) >= 11 is 0. The van der Waals surface area contributed by atoms with Crippen LogP contribution in [0.1, 0.15) is 92.6 Å². The number of carbonyl (C=O) groups is 2. The standard InChI is InChI=1S/C34H46O3/c1-8-30(36)26-15-25(16-27(17-26)31(37)9-2)24-11-10-23(20(5)12-24)14-28-13-21(6)33-29(18-35)32(19(3)4)22(7)34(28)33/h10-12,15-17,19,21-22,28-29,32-35H,8-9,13-14,18H2,1-7H3. The molecule has 2 aliphatic carbocycles. The number of carbonyl (C=O) groups excluding carboxylic acids is 2. The van der Waals surface area contributed by atoms with Crippen molar-refractivity contribution in [3.8, 4) is 11.1 Å². The molecule has 7 unspecified atom stereocenters. The predicted octanol–water partition coefficient (Wildman–Crippen LogP) is 7.81. The third kappa shape index (κ3) is 5.21. The zero-order valence-corrected chi connectivity index (χ0v) is 23.9. The molecule has 0 saturated heterocycles. The zero-order valence-electron chi connectivity index (χ0n) is 23.9. The quantitative estimate of drug-likeness (QED) is 0.356. The molecule has 2 saturated carbocycles. The molecule has 4 rings (SSSR count). The Morgan fingerprint density at radius 2 is 1.54 bits per heavy atom. The number of benzene rings is 2. The van der Waals surface area contributed by atoms with Gasteiger partial charge in [-0.25, -0.2) is 0 Å². The fraction of sp³-hybridized carbons (Fsp3) is 0.588. The van der Waals surface area contributed by atoms with Crippen LogP contribution in [-0.2, 0) is 6.42 Å². The summed E-state index contributed by atoms with van der Waals surface area (Å²) in [5, 5.41) is 10.3. The molecule has 2 aromatic carbocycles. The first-order valence-corrected chi connectivity index (χ1v) is 14.5. The summed E-state index contributed by atoms with van der Waals surface area (Å²) in [6.45, 7) is 15.7. The van der Waals surface area contributed by atoms with Gasteiger partial charge in [0, 0.05) is 30.6 Å². The molecule has 2 aromatic rings. The average Bonchev–Trinajstić information content (AvgIpc) is 3.37. The molecule has 0 spiro atoms. The second-order valence-corrected chi connectivity index (χ2v) is 12.4. The van der Waals surface area contributed by atoms with E-state index in [1.54, 1.807) is 6.07 Å². The Labute approximate surface area is 224 Å². The first-order valence-electron chi connectivity index (χ1n) is 14.5. The number of aryl methyl sites for hydroxylation is 1. The smallest absolute Gasteiger partial charge is 0.162 e. The highest BCUT2D eigenvalue weighted by atomic mass is 16.3. The summed E-state index contributed by atoms with van der Waals surface area (Å²) in [4.78, 5) is 25.0. The van der Waals surface area contributed by atoms with Crippen LogP contribution in [0.3, 0.4) is 0 Å². The zero-order chi connectivity index (χ0) is 27.0. The Morgan fingerprint density at radius 3 is 2.05 bits per heavy atom. The fourth-order valence-corrected chi connectivity index (χ4v) is 8.35. The molecule has 37 heavy (non-hydrogen) atoms. The van der Waals surface area contributed by atoms with Crippen molar-refractivity contribution in [2.45, 2.75) is 74.1 Å². The Kier molecular flexibility index (Phi) is 8.43. The molecule has 2 fully saturated rings. The number of ketones is 2. The van der Waals surface area contributed by atoms with Crippen LogP contribution in [0.25, 0.3) is 11.1 Å². The lowest BCUT2D eigenvalue weighted by Crippen LogP contribution is -2.27. The van der Waals surface area contributed by atoms with Gasteiger partial charge < -0.3 is 5.11 Å². The highest BCUT2D eigenvalue weighted by Crippen LogP contribution is 2.60. The minimum Gasteiger partial charge on any atom is -0.396 e. The van der Waals surface area contributed by atoms with Gasteiger partial charge in [0.05, 0.1) is 0 Å². The average molecular weight is 503 g/mol. The molecule has 3 heteroatoms. The van der Waals surface area contributed by atoms with Crippen molar-refractivity contribution in [2.75, 3.05) is 6.61 Å². The van der Waals surface area contributed by atoms with Crippen LogP contribution >= 0.6 is 0 Å². The van der Waals surface area contributed by atoms with E-state index in [4.69, 9.17) is 0 Å². The maximum atomic E-state index is 12.5. The fourth-order valence-electron chi connectivity index (χ4n) is 8.35. The van der Waals surface area contributed by atoms with Crippen LogP contribution in [0.5, 0.6) is 0 Å². The molecule has 0 amide bonds. The maximum Gasteiger partial charge on any atom is 0.162 e. The second-order valence-electron chi connectivity index (χ2n) is 12.4. The number of aliphatic hydroxyl groups is 1. The molecule has 7 atom stereocenters. The van der Waals surface area contributed by atoms with E-state index in [9.17, 15) is 14.7 Å². The monoisotopic (exact) mass is 502 g/mol. The van der Waals surface area contributed by atoms with Gasteiger partial charge in [0.25, 0.3) is 0 Å². The van der Waals surface area contributed by atoms with Gasteiger partial charge in [-0.05, 0) is 108 Å². The van der Waals surface area contributed by atoms with Crippen molar-refractivity contribution < 1.29 is 14.7 Å². The third-order valence-electron chi connectivity index (χ3n) is 9.88. The third-order valence-corrected chi connectivity index (χ3v) is 9.88. The number of hydrogen-bond donors (Lipinski definition) is 1. The van der Waals surface area contributed by atoms with E-state index in [1.165, 1.54) is 17.5 Å². The van der Waals surface area contributed by atoms with Crippen molar-refractivity contribution >= 4 is 11.6 Å². The molecule has 2 aliphatic rings. The number of rotatable bonds is 9. The molecule has 0 heterocycles. The van der Waals surface area contributed by atoms with E-state index in [0.29, 0.717) is 77.9 Å². The lowest BCUT2D eigenvalue weighted by atomic mass is 9.75. The van der Waals surface area contributed by atoms with Crippen LogP contribution in [0.4, 0.5) is 0 Å². The van der Waals surface area contributed by atoms with Gasteiger partial charge >= 0.3 is 0 Å². The Hall–Kier alpha value is -2.26. The number of hydrogen-bond acceptors (Lipinski definition) is 3.